The Morgan fingerprint density at radius 1 is 1.05 bits per heavy atom. The van der Waals surface area contributed by atoms with Gasteiger partial charge in [0.15, 0.2) is 16.7 Å². The largest absolute Gasteiger partial charge is 0.493 e. The highest BCUT2D eigenvalue weighted by molar-refractivity contribution is 8.18. The number of methoxy groups -OCH3 is 1. The Bertz CT molecular complexity index is 1240. The Kier molecular flexibility index (Phi) is 11.1. The molecule has 1 heterocycles. The second kappa shape index (κ2) is 14.9. The van der Waals surface area contributed by atoms with E-state index in [0.717, 1.165) is 44.1 Å². The van der Waals surface area contributed by atoms with Crippen LogP contribution >= 0.6 is 11.8 Å². The van der Waals surface area contributed by atoms with E-state index in [1.165, 1.54) is 56.0 Å². The quantitative estimate of drug-likeness (QED) is 0.195. The van der Waals surface area contributed by atoms with Gasteiger partial charge in [-0.3, -0.25) is 9.69 Å². The Balaban J connectivity index is 1.52. The van der Waals surface area contributed by atoms with Crippen molar-refractivity contribution in [2.45, 2.75) is 83.6 Å². The lowest BCUT2D eigenvalue weighted by Crippen LogP contribution is -2.40. The summed E-state index contributed by atoms with van der Waals surface area (Å²) in [5.74, 6) is 0.273. The number of unbranched alkanes of at least 4 members (excludes halogenated alkanes) is 5. The number of thioether (sulfide) groups is 1. The molecule has 2 aromatic carbocycles. The smallest absolute Gasteiger partial charge is 0.335 e. The molecule has 0 radical (unpaired) electrons. The Morgan fingerprint density at radius 2 is 1.82 bits per heavy atom. The fourth-order valence-corrected chi connectivity index (χ4v) is 6.21. The van der Waals surface area contributed by atoms with Gasteiger partial charge in [-0.25, -0.2) is 9.79 Å². The number of amides is 1. The number of hydrogen-bond acceptors (Lipinski definition) is 6. The highest BCUT2D eigenvalue weighted by Gasteiger charge is 2.38. The zero-order chi connectivity index (χ0) is 28.3. The number of rotatable bonds is 13. The van der Waals surface area contributed by atoms with Crippen molar-refractivity contribution in [3.8, 4) is 11.5 Å². The number of carboxylic acid groups (broad SMARTS) is 1. The maximum absolute atomic E-state index is 13.7. The standard InChI is InChI=1S/C32H40N2O5S/c1-3-4-5-6-7-11-19-39-27-18-17-23(20-28(27)38-2)21-29-30(35)34(26-15-9-8-10-16-26)32(40-29)33-25-14-12-13-24(22-25)31(36)37/h12-14,17-18,20-22,26H,3-11,15-16,19H2,1-2H3,(H,36,37)/b29-21-,33-32?. The van der Waals surface area contributed by atoms with Crippen LogP contribution in [0.2, 0.25) is 0 Å². The van der Waals surface area contributed by atoms with Crippen molar-refractivity contribution in [2.75, 3.05) is 13.7 Å². The number of carbonyl (C=O) groups excluding carboxylic acids is 1. The Hall–Kier alpha value is -3.26. The minimum atomic E-state index is -1.00. The number of carboxylic acids is 1. The van der Waals surface area contributed by atoms with E-state index < -0.39 is 5.97 Å². The van der Waals surface area contributed by atoms with Crippen LogP contribution in [0.1, 0.15) is 93.5 Å². The van der Waals surface area contributed by atoms with Crippen molar-refractivity contribution in [2.24, 2.45) is 4.99 Å². The van der Waals surface area contributed by atoms with E-state index >= 15 is 0 Å². The topological polar surface area (TPSA) is 88.4 Å². The highest BCUT2D eigenvalue weighted by atomic mass is 32.2. The first-order chi connectivity index (χ1) is 19.5. The molecule has 214 valence electrons. The predicted molar refractivity (Wildman–Crippen MR) is 162 cm³/mol. The summed E-state index contributed by atoms with van der Waals surface area (Å²) < 4.78 is 11.6. The van der Waals surface area contributed by atoms with Crippen LogP contribution in [0.5, 0.6) is 11.5 Å². The van der Waals surface area contributed by atoms with E-state index in [2.05, 4.69) is 6.92 Å². The van der Waals surface area contributed by atoms with E-state index in [0.29, 0.717) is 33.9 Å². The van der Waals surface area contributed by atoms with Gasteiger partial charge in [0.1, 0.15) is 0 Å². The van der Waals surface area contributed by atoms with Crippen molar-refractivity contribution in [3.05, 3.63) is 58.5 Å². The molecule has 2 aliphatic rings. The fraction of sp³-hybridized carbons (Fsp3) is 0.469. The van der Waals surface area contributed by atoms with Crippen molar-refractivity contribution in [1.82, 2.24) is 4.90 Å². The summed E-state index contributed by atoms with van der Waals surface area (Å²) in [5.41, 5.74) is 1.53. The van der Waals surface area contributed by atoms with Gasteiger partial charge in [-0.05, 0) is 73.0 Å². The Labute approximate surface area is 241 Å². The third kappa shape index (κ3) is 7.90. The SMILES string of the molecule is CCCCCCCCOc1ccc(/C=C2\SC(=Nc3cccc(C(=O)O)c3)N(C3CCCCC3)C2=O)cc1OC. The van der Waals surface area contributed by atoms with E-state index in [1.807, 2.05) is 29.2 Å². The Morgan fingerprint density at radius 3 is 2.58 bits per heavy atom. The van der Waals surface area contributed by atoms with Crippen molar-refractivity contribution in [1.29, 1.82) is 0 Å². The molecule has 1 aliphatic heterocycles. The summed E-state index contributed by atoms with van der Waals surface area (Å²) in [6.45, 7) is 2.87. The number of hydrogen-bond donors (Lipinski definition) is 1. The number of carbonyl (C=O) groups is 2. The van der Waals surface area contributed by atoms with Gasteiger partial charge in [0.25, 0.3) is 5.91 Å². The number of ether oxygens (including phenoxy) is 2. The molecule has 0 spiro atoms. The summed E-state index contributed by atoms with van der Waals surface area (Å²) in [5, 5.41) is 9.98. The van der Waals surface area contributed by atoms with Crippen molar-refractivity contribution >= 4 is 40.6 Å². The molecule has 0 bridgehead atoms. The van der Waals surface area contributed by atoms with Gasteiger partial charge in [-0.1, -0.05) is 70.4 Å². The molecule has 8 heteroatoms. The lowest BCUT2D eigenvalue weighted by atomic mass is 9.94. The van der Waals surface area contributed by atoms with E-state index in [4.69, 9.17) is 14.5 Å². The first-order valence-corrected chi connectivity index (χ1v) is 15.3. The van der Waals surface area contributed by atoms with Crippen LogP contribution in [-0.2, 0) is 4.79 Å². The lowest BCUT2D eigenvalue weighted by molar-refractivity contribution is -0.124. The van der Waals surface area contributed by atoms with Crippen LogP contribution in [0.4, 0.5) is 5.69 Å². The average molecular weight is 565 g/mol. The number of aromatic carboxylic acids is 1. The number of benzene rings is 2. The molecule has 4 rings (SSSR count). The molecule has 1 N–H and O–H groups in total. The molecule has 1 saturated heterocycles. The van der Waals surface area contributed by atoms with Gasteiger partial charge >= 0.3 is 5.97 Å². The maximum atomic E-state index is 13.7. The second-order valence-electron chi connectivity index (χ2n) is 10.4. The van der Waals surface area contributed by atoms with Gasteiger partial charge in [0, 0.05) is 6.04 Å². The lowest BCUT2D eigenvalue weighted by Gasteiger charge is -2.30. The van der Waals surface area contributed by atoms with Crippen molar-refractivity contribution < 1.29 is 24.2 Å². The van der Waals surface area contributed by atoms with Gasteiger partial charge < -0.3 is 14.6 Å². The first-order valence-electron chi connectivity index (χ1n) is 14.5. The third-order valence-electron chi connectivity index (χ3n) is 7.34. The summed E-state index contributed by atoms with van der Waals surface area (Å²) in [6, 6.07) is 12.3. The molecule has 2 aromatic rings. The van der Waals surface area contributed by atoms with E-state index in [9.17, 15) is 14.7 Å². The molecule has 7 nitrogen and oxygen atoms in total. The van der Waals surface area contributed by atoms with Crippen LogP contribution in [0.3, 0.4) is 0 Å². The molecule has 2 fully saturated rings. The number of aliphatic imine (C=N–C) groups is 1. The summed E-state index contributed by atoms with van der Waals surface area (Å²) in [6.07, 6.45) is 14.3. The van der Waals surface area contributed by atoms with Crippen LogP contribution in [0.25, 0.3) is 6.08 Å². The number of amidine groups is 1. The van der Waals surface area contributed by atoms with Gasteiger partial charge in [-0.2, -0.15) is 0 Å². The third-order valence-corrected chi connectivity index (χ3v) is 8.32. The second-order valence-corrected chi connectivity index (χ2v) is 11.4. The average Bonchev–Trinajstić information content (AvgIpc) is 3.27. The molecule has 0 atom stereocenters. The summed E-state index contributed by atoms with van der Waals surface area (Å²) in [4.78, 5) is 32.3. The minimum absolute atomic E-state index is 0.0626. The van der Waals surface area contributed by atoms with Crippen LogP contribution in [0, 0.1) is 0 Å². The molecule has 0 aromatic heterocycles. The van der Waals surface area contributed by atoms with Gasteiger partial charge in [-0.15, -0.1) is 0 Å². The van der Waals surface area contributed by atoms with Gasteiger partial charge in [0.2, 0.25) is 0 Å². The molecule has 1 aliphatic carbocycles. The summed E-state index contributed by atoms with van der Waals surface area (Å²) in [7, 11) is 1.63. The molecule has 0 unspecified atom stereocenters. The van der Waals surface area contributed by atoms with E-state index in [1.54, 1.807) is 19.2 Å². The zero-order valence-corrected chi connectivity index (χ0v) is 24.4. The fourth-order valence-electron chi connectivity index (χ4n) is 5.15. The van der Waals surface area contributed by atoms with Crippen molar-refractivity contribution in [3.63, 3.8) is 0 Å². The highest BCUT2D eigenvalue weighted by Crippen LogP contribution is 2.39. The maximum Gasteiger partial charge on any atom is 0.335 e. The molecule has 1 saturated carbocycles. The molecular weight excluding hydrogens is 524 g/mol. The monoisotopic (exact) mass is 564 g/mol. The van der Waals surface area contributed by atoms with Crippen LogP contribution < -0.4 is 9.47 Å². The van der Waals surface area contributed by atoms with Crippen LogP contribution in [0.15, 0.2) is 52.4 Å². The zero-order valence-electron chi connectivity index (χ0n) is 23.6. The normalized spacial score (nSPS) is 18.1. The number of nitrogens with zero attached hydrogens (tertiary/aromatic N) is 2. The van der Waals surface area contributed by atoms with E-state index in [-0.39, 0.29) is 17.5 Å². The predicted octanol–water partition coefficient (Wildman–Crippen LogP) is 8.07. The first kappa shape index (κ1) is 29.7. The van der Waals surface area contributed by atoms with Crippen LogP contribution in [-0.4, -0.2) is 46.8 Å². The molecule has 40 heavy (non-hydrogen) atoms. The summed E-state index contributed by atoms with van der Waals surface area (Å²) >= 11 is 1.33. The van der Waals surface area contributed by atoms with Gasteiger partial charge in [0.05, 0.1) is 29.9 Å². The minimum Gasteiger partial charge on any atom is -0.493 e. The molecule has 1 amide bonds. The molecular formula is C32H40N2O5S.